The number of likely N-dealkylation sites (N-methyl/N-ethyl adjacent to an activating group) is 2. The molecule has 3 aromatic carbocycles. The minimum Gasteiger partial charge on any atom is -0.484 e. The highest BCUT2D eigenvalue weighted by atomic mass is 79.9. The number of para-hydroxylation sites is 1. The molecule has 8 nitrogen and oxygen atoms in total. The average molecular weight is 539 g/mol. The third-order valence-corrected chi connectivity index (χ3v) is 5.84. The SMILES string of the molecule is CN(C(=O)COc1cccc(N(CC(=O)N(C)c2ccccc2)C(=O)CN)c1)c1cccc(Br)c1. The fraction of sp³-hybridized carbons (Fsp3) is 0.192. The molecular weight excluding hydrogens is 512 g/mol. The highest BCUT2D eigenvalue weighted by Gasteiger charge is 2.21. The number of amides is 3. The van der Waals surface area contributed by atoms with E-state index in [2.05, 4.69) is 15.9 Å². The van der Waals surface area contributed by atoms with Crippen LogP contribution < -0.4 is 25.2 Å². The predicted molar refractivity (Wildman–Crippen MR) is 141 cm³/mol. The van der Waals surface area contributed by atoms with Gasteiger partial charge in [-0.3, -0.25) is 14.4 Å². The number of carbonyl (C=O) groups excluding carboxylic acids is 3. The smallest absolute Gasteiger partial charge is 0.264 e. The minimum atomic E-state index is -0.414. The summed E-state index contributed by atoms with van der Waals surface area (Å²) in [4.78, 5) is 42.4. The summed E-state index contributed by atoms with van der Waals surface area (Å²) >= 11 is 3.40. The van der Waals surface area contributed by atoms with Crippen LogP contribution in [0, 0.1) is 0 Å². The molecule has 0 radical (unpaired) electrons. The fourth-order valence-electron chi connectivity index (χ4n) is 3.28. The Morgan fingerprint density at radius 2 is 1.40 bits per heavy atom. The van der Waals surface area contributed by atoms with Gasteiger partial charge >= 0.3 is 0 Å². The molecule has 3 aromatic rings. The van der Waals surface area contributed by atoms with Crippen molar-refractivity contribution in [3.05, 3.63) is 83.3 Å². The van der Waals surface area contributed by atoms with Crippen molar-refractivity contribution in [1.29, 1.82) is 0 Å². The number of halogens is 1. The Morgan fingerprint density at radius 1 is 0.771 bits per heavy atom. The zero-order valence-electron chi connectivity index (χ0n) is 19.6. The second-order valence-corrected chi connectivity index (χ2v) is 8.61. The maximum absolute atomic E-state index is 12.9. The molecule has 0 spiro atoms. The largest absolute Gasteiger partial charge is 0.484 e. The first-order valence-electron chi connectivity index (χ1n) is 10.9. The zero-order valence-corrected chi connectivity index (χ0v) is 21.1. The number of nitrogens with zero attached hydrogens (tertiary/aromatic N) is 3. The van der Waals surface area contributed by atoms with E-state index < -0.39 is 5.91 Å². The average Bonchev–Trinajstić information content (AvgIpc) is 2.89. The normalized spacial score (nSPS) is 10.4. The van der Waals surface area contributed by atoms with Crippen LogP contribution in [0.2, 0.25) is 0 Å². The number of anilines is 3. The molecule has 0 aliphatic heterocycles. The first-order chi connectivity index (χ1) is 16.8. The van der Waals surface area contributed by atoms with Crippen LogP contribution in [0.1, 0.15) is 0 Å². The molecule has 0 unspecified atom stereocenters. The van der Waals surface area contributed by atoms with Crippen molar-refractivity contribution in [1.82, 2.24) is 0 Å². The number of hydrogen-bond donors (Lipinski definition) is 1. The van der Waals surface area contributed by atoms with Gasteiger partial charge in [-0.25, -0.2) is 0 Å². The van der Waals surface area contributed by atoms with E-state index in [1.807, 2.05) is 54.6 Å². The third kappa shape index (κ3) is 6.91. The van der Waals surface area contributed by atoms with Crippen molar-refractivity contribution in [2.45, 2.75) is 0 Å². The predicted octanol–water partition coefficient (Wildman–Crippen LogP) is 3.45. The molecule has 35 heavy (non-hydrogen) atoms. The Morgan fingerprint density at radius 3 is 2.09 bits per heavy atom. The zero-order chi connectivity index (χ0) is 25.4. The van der Waals surface area contributed by atoms with Gasteiger partial charge in [0, 0.05) is 41.7 Å². The first kappa shape index (κ1) is 25.9. The van der Waals surface area contributed by atoms with E-state index in [0.717, 1.165) is 10.2 Å². The van der Waals surface area contributed by atoms with Gasteiger partial charge in [0.2, 0.25) is 11.8 Å². The molecule has 0 atom stereocenters. The summed E-state index contributed by atoms with van der Waals surface area (Å²) < 4.78 is 6.56. The summed E-state index contributed by atoms with van der Waals surface area (Å²) in [5.74, 6) is -0.558. The van der Waals surface area contributed by atoms with Gasteiger partial charge in [0.05, 0.1) is 6.54 Å². The summed E-state index contributed by atoms with van der Waals surface area (Å²) in [6.07, 6.45) is 0. The lowest BCUT2D eigenvalue weighted by molar-refractivity contribution is -0.121. The summed E-state index contributed by atoms with van der Waals surface area (Å²) in [5, 5.41) is 0. The topological polar surface area (TPSA) is 96.2 Å². The van der Waals surface area contributed by atoms with Gasteiger partial charge in [-0.2, -0.15) is 0 Å². The van der Waals surface area contributed by atoms with Crippen LogP contribution in [-0.2, 0) is 14.4 Å². The van der Waals surface area contributed by atoms with Gasteiger partial charge in [0.25, 0.3) is 5.91 Å². The Kier molecular flexibility index (Phi) is 8.99. The minimum absolute atomic E-state index is 0.199. The molecule has 182 valence electrons. The third-order valence-electron chi connectivity index (χ3n) is 5.35. The lowest BCUT2D eigenvalue weighted by Crippen LogP contribution is -2.44. The van der Waals surface area contributed by atoms with Gasteiger partial charge < -0.3 is 25.2 Å². The van der Waals surface area contributed by atoms with Crippen LogP contribution in [0.4, 0.5) is 17.1 Å². The molecule has 0 aliphatic rings. The van der Waals surface area contributed by atoms with Gasteiger partial charge in [0.1, 0.15) is 12.3 Å². The van der Waals surface area contributed by atoms with Crippen LogP contribution in [-0.4, -0.2) is 51.5 Å². The van der Waals surface area contributed by atoms with Gasteiger partial charge in [-0.05, 0) is 42.5 Å². The molecular formula is C26H27BrN4O4. The Balaban J connectivity index is 1.70. The van der Waals surface area contributed by atoms with Crippen molar-refractivity contribution >= 4 is 50.7 Å². The maximum Gasteiger partial charge on any atom is 0.264 e. The van der Waals surface area contributed by atoms with Crippen LogP contribution in [0.5, 0.6) is 5.75 Å². The molecule has 0 heterocycles. The van der Waals surface area contributed by atoms with E-state index in [4.69, 9.17) is 10.5 Å². The number of benzene rings is 3. The van der Waals surface area contributed by atoms with Gasteiger partial charge in [-0.1, -0.05) is 46.3 Å². The van der Waals surface area contributed by atoms with Crippen molar-refractivity contribution in [3.63, 3.8) is 0 Å². The van der Waals surface area contributed by atoms with Crippen molar-refractivity contribution < 1.29 is 19.1 Å². The second kappa shape index (κ2) is 12.1. The van der Waals surface area contributed by atoms with Crippen LogP contribution in [0.15, 0.2) is 83.3 Å². The Labute approximate surface area is 213 Å². The number of ether oxygens (including phenoxy) is 1. The molecule has 3 amide bonds. The van der Waals surface area contributed by atoms with Crippen molar-refractivity contribution in [2.24, 2.45) is 5.73 Å². The van der Waals surface area contributed by atoms with E-state index in [-0.39, 0.29) is 31.5 Å². The lowest BCUT2D eigenvalue weighted by Gasteiger charge is -2.25. The first-order valence-corrected chi connectivity index (χ1v) is 11.7. The highest BCUT2D eigenvalue weighted by molar-refractivity contribution is 9.10. The van der Waals surface area contributed by atoms with Crippen molar-refractivity contribution in [2.75, 3.05) is 48.5 Å². The van der Waals surface area contributed by atoms with Crippen LogP contribution >= 0.6 is 15.9 Å². The summed E-state index contributed by atoms with van der Waals surface area (Å²) in [6.45, 7) is -0.661. The quantitative estimate of drug-likeness (QED) is 0.450. The molecule has 9 heteroatoms. The molecule has 0 aromatic heterocycles. The second-order valence-electron chi connectivity index (χ2n) is 7.69. The van der Waals surface area contributed by atoms with Gasteiger partial charge in [-0.15, -0.1) is 0 Å². The summed E-state index contributed by atoms with van der Waals surface area (Å²) in [6, 6.07) is 23.2. The van der Waals surface area contributed by atoms with E-state index in [1.165, 1.54) is 14.7 Å². The van der Waals surface area contributed by atoms with Crippen LogP contribution in [0.3, 0.4) is 0 Å². The highest BCUT2D eigenvalue weighted by Crippen LogP contribution is 2.23. The standard InChI is InChI=1S/C26H27BrN4O4/c1-29(20-9-4-3-5-10-20)25(33)17-31(24(32)16-28)22-12-7-13-23(15-22)35-18-26(34)30(2)21-11-6-8-19(27)14-21/h3-15H,16-18,28H2,1-2H3. The van der Waals surface area contributed by atoms with Gasteiger partial charge in [0.15, 0.2) is 6.61 Å². The number of rotatable bonds is 9. The fourth-order valence-corrected chi connectivity index (χ4v) is 3.67. The van der Waals surface area contributed by atoms with Crippen LogP contribution in [0.25, 0.3) is 0 Å². The molecule has 0 fully saturated rings. The van der Waals surface area contributed by atoms with E-state index >= 15 is 0 Å². The Bertz CT molecular complexity index is 1190. The number of nitrogens with two attached hydrogens (primary N) is 1. The van der Waals surface area contributed by atoms with E-state index in [9.17, 15) is 14.4 Å². The molecule has 0 bridgehead atoms. The molecule has 0 aliphatic carbocycles. The molecule has 0 saturated carbocycles. The van der Waals surface area contributed by atoms with Crippen molar-refractivity contribution in [3.8, 4) is 5.75 Å². The molecule has 3 rings (SSSR count). The molecule has 2 N–H and O–H groups in total. The monoisotopic (exact) mass is 538 g/mol. The maximum atomic E-state index is 12.9. The molecule has 0 saturated heterocycles. The summed E-state index contributed by atoms with van der Waals surface area (Å²) in [7, 11) is 3.32. The lowest BCUT2D eigenvalue weighted by atomic mass is 10.2. The Hall–Kier alpha value is -3.69. The summed E-state index contributed by atoms with van der Waals surface area (Å²) in [5.41, 5.74) is 7.49. The number of hydrogen-bond acceptors (Lipinski definition) is 5. The van der Waals surface area contributed by atoms with E-state index in [0.29, 0.717) is 17.1 Å². The number of carbonyl (C=O) groups is 3. The van der Waals surface area contributed by atoms with E-state index in [1.54, 1.807) is 38.4 Å².